The van der Waals surface area contributed by atoms with E-state index >= 15 is 0 Å². The van der Waals surface area contributed by atoms with Crippen LogP contribution in [0.2, 0.25) is 0 Å². The van der Waals surface area contributed by atoms with Crippen molar-refractivity contribution >= 4 is 29.0 Å². The first-order valence-corrected chi connectivity index (χ1v) is 9.25. The van der Waals surface area contributed by atoms with Crippen molar-refractivity contribution in [2.45, 2.75) is 12.8 Å². The molecule has 0 saturated heterocycles. The molecule has 0 bridgehead atoms. The Bertz CT molecular complexity index is 1110. The SMILES string of the molecule is Nc1nc(N(N)c2ccc3c(c2)CCO3)nc(Nc2ccc3c(c2)CCO3)c1F. The van der Waals surface area contributed by atoms with E-state index in [4.69, 9.17) is 21.1 Å². The molecule has 0 amide bonds. The highest BCUT2D eigenvalue weighted by Crippen LogP contribution is 2.33. The highest BCUT2D eigenvalue weighted by molar-refractivity contribution is 5.66. The fourth-order valence-corrected chi connectivity index (χ4v) is 3.48. The van der Waals surface area contributed by atoms with E-state index in [1.54, 1.807) is 12.1 Å². The number of nitrogens with two attached hydrogens (primary N) is 2. The Kier molecular flexibility index (Phi) is 4.09. The standard InChI is InChI=1S/C20H19FN6O2/c21-17-18(22)25-20(27(23)14-2-4-16-12(10-14)6-8-29-16)26-19(17)24-13-1-3-15-11(9-13)5-7-28-15/h1-4,9-10H,5-8,23H2,(H3,22,24,25,26). The zero-order valence-electron chi connectivity index (χ0n) is 15.5. The van der Waals surface area contributed by atoms with Crippen molar-refractivity contribution < 1.29 is 13.9 Å². The van der Waals surface area contributed by atoms with Crippen LogP contribution >= 0.6 is 0 Å². The summed E-state index contributed by atoms with van der Waals surface area (Å²) >= 11 is 0. The molecule has 0 spiro atoms. The summed E-state index contributed by atoms with van der Waals surface area (Å²) in [6.45, 7) is 1.29. The predicted octanol–water partition coefficient (Wildman–Crippen LogP) is 2.82. The average Bonchev–Trinajstić information content (AvgIpc) is 3.38. The first-order valence-electron chi connectivity index (χ1n) is 9.25. The van der Waals surface area contributed by atoms with Crippen molar-refractivity contribution in [1.29, 1.82) is 0 Å². The zero-order valence-corrected chi connectivity index (χ0v) is 15.5. The number of hydrogen-bond acceptors (Lipinski definition) is 8. The Labute approximate surface area is 166 Å². The number of nitrogens with one attached hydrogen (secondary N) is 1. The number of ether oxygens (including phenoxy) is 2. The minimum absolute atomic E-state index is 0.0497. The smallest absolute Gasteiger partial charge is 0.248 e. The number of nitrogens with zero attached hydrogens (tertiary/aromatic N) is 3. The number of anilines is 5. The third-order valence-electron chi connectivity index (χ3n) is 4.98. The molecule has 0 aliphatic carbocycles. The summed E-state index contributed by atoms with van der Waals surface area (Å²) in [6, 6.07) is 11.1. The molecule has 0 unspecified atom stereocenters. The lowest BCUT2D eigenvalue weighted by molar-refractivity contribution is 0.356. The van der Waals surface area contributed by atoms with E-state index < -0.39 is 5.82 Å². The molecule has 0 fully saturated rings. The second-order valence-electron chi connectivity index (χ2n) is 6.88. The van der Waals surface area contributed by atoms with Gasteiger partial charge in [-0.1, -0.05) is 0 Å². The maximum atomic E-state index is 14.6. The van der Waals surface area contributed by atoms with E-state index in [0.717, 1.165) is 35.5 Å². The molecular weight excluding hydrogens is 375 g/mol. The number of rotatable bonds is 4. The van der Waals surface area contributed by atoms with Gasteiger partial charge in [-0.15, -0.1) is 0 Å². The second-order valence-corrected chi connectivity index (χ2v) is 6.88. The molecule has 3 aromatic rings. The van der Waals surface area contributed by atoms with Crippen LogP contribution in [0.3, 0.4) is 0 Å². The lowest BCUT2D eigenvalue weighted by Gasteiger charge is -2.19. The summed E-state index contributed by atoms with van der Waals surface area (Å²) < 4.78 is 25.6. The van der Waals surface area contributed by atoms with Gasteiger partial charge in [-0.05, 0) is 47.5 Å². The molecule has 0 saturated carbocycles. The molecule has 0 atom stereocenters. The van der Waals surface area contributed by atoms with E-state index in [9.17, 15) is 4.39 Å². The highest BCUT2D eigenvalue weighted by atomic mass is 19.1. The van der Waals surface area contributed by atoms with Gasteiger partial charge in [-0.25, -0.2) is 10.9 Å². The molecule has 2 aromatic carbocycles. The molecule has 3 heterocycles. The lowest BCUT2D eigenvalue weighted by atomic mass is 10.1. The Morgan fingerprint density at radius 2 is 1.66 bits per heavy atom. The van der Waals surface area contributed by atoms with Crippen LogP contribution in [0.4, 0.5) is 33.3 Å². The van der Waals surface area contributed by atoms with Gasteiger partial charge in [-0.2, -0.15) is 14.4 Å². The van der Waals surface area contributed by atoms with Gasteiger partial charge in [0.1, 0.15) is 11.5 Å². The van der Waals surface area contributed by atoms with Crippen LogP contribution in [0, 0.1) is 5.82 Å². The summed E-state index contributed by atoms with van der Waals surface area (Å²) in [7, 11) is 0. The molecule has 29 heavy (non-hydrogen) atoms. The van der Waals surface area contributed by atoms with Crippen LogP contribution in [0.15, 0.2) is 36.4 Å². The van der Waals surface area contributed by atoms with Crippen LogP contribution in [0.5, 0.6) is 11.5 Å². The molecule has 2 aliphatic rings. The topological polar surface area (TPSA) is 112 Å². The van der Waals surface area contributed by atoms with Crippen LogP contribution in [0.25, 0.3) is 0 Å². The number of fused-ring (bicyclic) bond motifs is 2. The molecule has 8 nitrogen and oxygen atoms in total. The Hall–Kier alpha value is -3.59. The number of benzene rings is 2. The van der Waals surface area contributed by atoms with E-state index in [1.165, 1.54) is 5.01 Å². The van der Waals surface area contributed by atoms with Crippen molar-refractivity contribution in [2.75, 3.05) is 29.3 Å². The Morgan fingerprint density at radius 3 is 2.41 bits per heavy atom. The van der Waals surface area contributed by atoms with Crippen LogP contribution in [0.1, 0.15) is 11.1 Å². The van der Waals surface area contributed by atoms with Gasteiger partial charge in [0.15, 0.2) is 11.6 Å². The first-order chi connectivity index (χ1) is 14.1. The third-order valence-corrected chi connectivity index (χ3v) is 4.98. The minimum Gasteiger partial charge on any atom is -0.493 e. The van der Waals surface area contributed by atoms with Gasteiger partial charge in [0.2, 0.25) is 11.8 Å². The predicted molar refractivity (Wildman–Crippen MR) is 107 cm³/mol. The monoisotopic (exact) mass is 394 g/mol. The van der Waals surface area contributed by atoms with Gasteiger partial charge >= 0.3 is 0 Å². The Morgan fingerprint density at radius 1 is 0.966 bits per heavy atom. The molecule has 0 radical (unpaired) electrons. The fraction of sp³-hybridized carbons (Fsp3) is 0.200. The van der Waals surface area contributed by atoms with Crippen molar-refractivity contribution in [3.8, 4) is 11.5 Å². The summed E-state index contributed by atoms with van der Waals surface area (Å²) in [5.41, 5.74) is 9.22. The van der Waals surface area contributed by atoms with Crippen LogP contribution in [-0.4, -0.2) is 23.2 Å². The Balaban J connectivity index is 1.46. The zero-order chi connectivity index (χ0) is 20.0. The van der Waals surface area contributed by atoms with Crippen LogP contribution in [-0.2, 0) is 12.8 Å². The minimum atomic E-state index is -0.735. The number of nitrogen functional groups attached to an aromatic ring is 1. The summed E-state index contributed by atoms with van der Waals surface area (Å²) in [5, 5.41) is 4.24. The maximum absolute atomic E-state index is 14.6. The molecule has 2 aliphatic heterocycles. The molecule has 9 heteroatoms. The van der Waals surface area contributed by atoms with Crippen LogP contribution < -0.4 is 31.4 Å². The van der Waals surface area contributed by atoms with Gasteiger partial charge in [0.25, 0.3) is 0 Å². The van der Waals surface area contributed by atoms with Crippen molar-refractivity contribution in [3.63, 3.8) is 0 Å². The molecular formula is C20H19FN6O2. The summed E-state index contributed by atoms with van der Waals surface area (Å²) in [5.74, 6) is 6.89. The summed E-state index contributed by atoms with van der Waals surface area (Å²) in [4.78, 5) is 8.26. The van der Waals surface area contributed by atoms with E-state index in [-0.39, 0.29) is 17.6 Å². The second kappa shape index (κ2) is 6.78. The van der Waals surface area contributed by atoms with E-state index in [2.05, 4.69) is 15.3 Å². The van der Waals surface area contributed by atoms with E-state index in [1.807, 2.05) is 24.3 Å². The highest BCUT2D eigenvalue weighted by Gasteiger charge is 2.20. The molecule has 1 aromatic heterocycles. The van der Waals surface area contributed by atoms with Crippen molar-refractivity contribution in [3.05, 3.63) is 53.3 Å². The molecule has 5 N–H and O–H groups in total. The number of hydrazine groups is 1. The van der Waals surface area contributed by atoms with Crippen molar-refractivity contribution in [2.24, 2.45) is 5.84 Å². The average molecular weight is 394 g/mol. The third kappa shape index (κ3) is 3.15. The number of aromatic nitrogens is 2. The van der Waals surface area contributed by atoms with Gasteiger partial charge in [-0.3, -0.25) is 0 Å². The lowest BCUT2D eigenvalue weighted by Crippen LogP contribution is -2.28. The fourth-order valence-electron chi connectivity index (χ4n) is 3.48. The normalized spacial score (nSPS) is 14.0. The molecule has 148 valence electrons. The number of halogens is 1. The first kappa shape index (κ1) is 17.5. The summed E-state index contributed by atoms with van der Waals surface area (Å²) in [6.07, 6.45) is 1.61. The van der Waals surface area contributed by atoms with Gasteiger partial charge in [0.05, 0.1) is 18.9 Å². The quantitative estimate of drug-likeness (QED) is 0.458. The van der Waals surface area contributed by atoms with E-state index in [0.29, 0.717) is 24.6 Å². The largest absolute Gasteiger partial charge is 0.493 e. The molecule has 5 rings (SSSR count). The van der Waals surface area contributed by atoms with Gasteiger partial charge < -0.3 is 20.5 Å². The van der Waals surface area contributed by atoms with Gasteiger partial charge in [0, 0.05) is 18.5 Å². The maximum Gasteiger partial charge on any atom is 0.248 e. The van der Waals surface area contributed by atoms with Crippen molar-refractivity contribution in [1.82, 2.24) is 9.97 Å². The number of hydrogen-bond donors (Lipinski definition) is 3.